The maximum atomic E-state index is 12.3. The molecule has 0 bridgehead atoms. The highest BCUT2D eigenvalue weighted by Crippen LogP contribution is 2.14. The van der Waals surface area contributed by atoms with Gasteiger partial charge in [-0.25, -0.2) is 0 Å². The van der Waals surface area contributed by atoms with Gasteiger partial charge in [-0.3, -0.25) is 14.9 Å². The number of para-hydroxylation sites is 1. The van der Waals surface area contributed by atoms with Crippen molar-refractivity contribution in [1.29, 1.82) is 5.41 Å². The van der Waals surface area contributed by atoms with Crippen molar-refractivity contribution >= 4 is 23.0 Å². The molecule has 1 heterocycles. The molecule has 6 heteroatoms. The van der Waals surface area contributed by atoms with Crippen molar-refractivity contribution in [2.24, 2.45) is 0 Å². The van der Waals surface area contributed by atoms with E-state index in [2.05, 4.69) is 10.4 Å². The smallest absolute Gasteiger partial charge is 0.274 e. The van der Waals surface area contributed by atoms with E-state index in [1.54, 1.807) is 41.3 Å². The number of nitrogens with two attached hydrogens (primary N) is 1. The predicted octanol–water partition coefficient (Wildman–Crippen LogP) is 3.32. The van der Waals surface area contributed by atoms with Crippen molar-refractivity contribution in [2.75, 3.05) is 11.1 Å². The number of carbonyl (C=O) groups excluding carboxylic acids is 1. The minimum atomic E-state index is -0.520. The van der Waals surface area contributed by atoms with Crippen molar-refractivity contribution in [3.05, 3.63) is 77.6 Å². The topological polar surface area (TPSA) is 96.8 Å². The average molecular weight is 337 g/mol. The van der Waals surface area contributed by atoms with Crippen LogP contribution < -0.4 is 11.1 Å². The lowest BCUT2D eigenvalue weighted by atomic mass is 10.1. The average Bonchev–Trinajstić information content (AvgIpc) is 3.04. The van der Waals surface area contributed by atoms with Gasteiger partial charge in [0.05, 0.1) is 18.4 Å². The van der Waals surface area contributed by atoms with Crippen LogP contribution >= 0.6 is 0 Å². The SMILES string of the molecule is Cc1ccccc1Cn1cc(NC(=O)C(=N)c2ccccc2N)cn1.[HH].[HH]. The van der Waals surface area contributed by atoms with Crippen molar-refractivity contribution < 1.29 is 7.65 Å². The van der Waals surface area contributed by atoms with E-state index in [1.165, 1.54) is 5.56 Å². The molecular formula is C19H23N5O. The highest BCUT2D eigenvalue weighted by molar-refractivity contribution is 6.48. The zero-order valence-corrected chi connectivity index (χ0v) is 13.9. The second-order valence-corrected chi connectivity index (χ2v) is 5.77. The molecule has 2 aromatic carbocycles. The number of nitrogens with zero attached hydrogens (tertiary/aromatic N) is 2. The number of amides is 1. The van der Waals surface area contributed by atoms with Crippen LogP contribution in [-0.4, -0.2) is 21.4 Å². The van der Waals surface area contributed by atoms with Crippen molar-refractivity contribution in [3.8, 4) is 0 Å². The number of nitrogen functional groups attached to an aromatic ring is 1. The second kappa shape index (κ2) is 7.00. The molecule has 0 saturated heterocycles. The fourth-order valence-electron chi connectivity index (χ4n) is 2.52. The maximum Gasteiger partial charge on any atom is 0.274 e. The predicted molar refractivity (Wildman–Crippen MR) is 103 cm³/mol. The second-order valence-electron chi connectivity index (χ2n) is 5.77. The molecule has 0 unspecified atom stereocenters. The minimum absolute atomic E-state index is 0. The van der Waals surface area contributed by atoms with E-state index in [9.17, 15) is 4.79 Å². The molecule has 0 spiro atoms. The highest BCUT2D eigenvalue weighted by Gasteiger charge is 2.15. The molecule has 3 aromatic rings. The Bertz CT molecular complexity index is 939. The van der Waals surface area contributed by atoms with Gasteiger partial charge in [0.2, 0.25) is 0 Å². The Morgan fingerprint density at radius 3 is 2.72 bits per heavy atom. The highest BCUT2D eigenvalue weighted by atomic mass is 16.1. The van der Waals surface area contributed by atoms with Crippen LogP contribution in [0.4, 0.5) is 11.4 Å². The molecule has 0 aliphatic heterocycles. The van der Waals surface area contributed by atoms with Crippen LogP contribution in [0.3, 0.4) is 0 Å². The quantitative estimate of drug-likeness (QED) is 0.492. The lowest BCUT2D eigenvalue weighted by molar-refractivity contribution is -0.110. The Morgan fingerprint density at radius 1 is 1.24 bits per heavy atom. The Balaban J connectivity index is 0.00000182. The molecule has 1 amide bonds. The molecule has 25 heavy (non-hydrogen) atoms. The van der Waals surface area contributed by atoms with Crippen LogP contribution in [0.25, 0.3) is 0 Å². The summed E-state index contributed by atoms with van der Waals surface area (Å²) < 4.78 is 1.75. The summed E-state index contributed by atoms with van der Waals surface area (Å²) in [5.41, 5.74) is 9.34. The number of carbonyl (C=O) groups is 1. The van der Waals surface area contributed by atoms with Crippen molar-refractivity contribution in [1.82, 2.24) is 9.78 Å². The molecule has 130 valence electrons. The van der Waals surface area contributed by atoms with Crippen LogP contribution in [0.15, 0.2) is 60.9 Å². The Labute approximate surface area is 148 Å². The number of nitrogens with one attached hydrogen (secondary N) is 2. The van der Waals surface area contributed by atoms with Gasteiger partial charge in [0, 0.05) is 20.3 Å². The van der Waals surface area contributed by atoms with Crippen LogP contribution in [0.1, 0.15) is 19.5 Å². The largest absolute Gasteiger partial charge is 0.398 e. The first kappa shape index (κ1) is 16.4. The van der Waals surface area contributed by atoms with E-state index in [0.717, 1.165) is 5.56 Å². The lowest BCUT2D eigenvalue weighted by Gasteiger charge is -2.07. The van der Waals surface area contributed by atoms with E-state index < -0.39 is 5.91 Å². The van der Waals surface area contributed by atoms with E-state index in [0.29, 0.717) is 23.5 Å². The van der Waals surface area contributed by atoms with Gasteiger partial charge in [-0.05, 0) is 24.1 Å². The Morgan fingerprint density at radius 2 is 1.96 bits per heavy atom. The monoisotopic (exact) mass is 337 g/mol. The maximum absolute atomic E-state index is 12.3. The molecule has 3 rings (SSSR count). The Hall–Kier alpha value is -3.41. The fourth-order valence-corrected chi connectivity index (χ4v) is 2.52. The van der Waals surface area contributed by atoms with E-state index >= 15 is 0 Å². The molecule has 6 nitrogen and oxygen atoms in total. The minimum Gasteiger partial charge on any atom is -0.398 e. The van der Waals surface area contributed by atoms with Gasteiger partial charge in [0.15, 0.2) is 0 Å². The molecule has 0 saturated carbocycles. The third-order valence-corrected chi connectivity index (χ3v) is 3.94. The number of aryl methyl sites for hydroxylation is 1. The van der Waals surface area contributed by atoms with Crippen molar-refractivity contribution in [2.45, 2.75) is 13.5 Å². The van der Waals surface area contributed by atoms with E-state index in [-0.39, 0.29) is 8.56 Å². The summed E-state index contributed by atoms with van der Waals surface area (Å²) in [6, 6.07) is 14.9. The summed E-state index contributed by atoms with van der Waals surface area (Å²) in [6.07, 6.45) is 3.31. The fraction of sp³-hybridized carbons (Fsp3) is 0.105. The first-order valence-electron chi connectivity index (χ1n) is 7.86. The molecule has 0 aliphatic rings. The summed E-state index contributed by atoms with van der Waals surface area (Å²) in [5, 5.41) is 15.0. The molecule has 0 atom stereocenters. The summed E-state index contributed by atoms with van der Waals surface area (Å²) in [6.45, 7) is 2.67. The van der Waals surface area contributed by atoms with Gasteiger partial charge < -0.3 is 11.1 Å². The summed E-state index contributed by atoms with van der Waals surface area (Å²) in [5.74, 6) is -0.520. The Kier molecular flexibility index (Phi) is 4.61. The van der Waals surface area contributed by atoms with Gasteiger partial charge in [-0.2, -0.15) is 5.10 Å². The standard InChI is InChI=1S/C19H19N5O.2H2/c1-13-6-2-3-7-14(13)11-24-12-15(10-22-24)23-19(25)18(21)16-8-4-5-9-17(16)20;;/h2-10,12,21H,11,20H2,1H3,(H,23,25);2*1H. The number of rotatable bonds is 5. The molecule has 0 fully saturated rings. The molecule has 0 aliphatic carbocycles. The normalized spacial score (nSPS) is 10.4. The van der Waals surface area contributed by atoms with Crippen molar-refractivity contribution in [3.63, 3.8) is 0 Å². The van der Waals surface area contributed by atoms with Gasteiger partial charge >= 0.3 is 0 Å². The third kappa shape index (κ3) is 3.74. The number of anilines is 2. The van der Waals surface area contributed by atoms with E-state index in [4.69, 9.17) is 11.1 Å². The zero-order chi connectivity index (χ0) is 17.8. The van der Waals surface area contributed by atoms with Crippen LogP contribution in [0.5, 0.6) is 0 Å². The summed E-state index contributed by atoms with van der Waals surface area (Å²) in [7, 11) is 0. The van der Waals surface area contributed by atoms with Crippen LogP contribution in [-0.2, 0) is 11.3 Å². The van der Waals surface area contributed by atoms with Gasteiger partial charge in [0.25, 0.3) is 5.91 Å². The van der Waals surface area contributed by atoms with Gasteiger partial charge in [-0.1, -0.05) is 42.5 Å². The van der Waals surface area contributed by atoms with E-state index in [1.807, 2.05) is 31.2 Å². The number of benzene rings is 2. The first-order valence-corrected chi connectivity index (χ1v) is 7.86. The molecular weight excluding hydrogens is 314 g/mol. The zero-order valence-electron chi connectivity index (χ0n) is 13.9. The lowest BCUT2D eigenvalue weighted by Crippen LogP contribution is -2.23. The van der Waals surface area contributed by atoms with Gasteiger partial charge in [-0.15, -0.1) is 0 Å². The van der Waals surface area contributed by atoms with Gasteiger partial charge in [0.1, 0.15) is 5.71 Å². The number of hydrogen-bond donors (Lipinski definition) is 3. The summed E-state index contributed by atoms with van der Waals surface area (Å²) >= 11 is 0. The molecule has 0 radical (unpaired) electrons. The van der Waals surface area contributed by atoms with Crippen LogP contribution in [0, 0.1) is 12.3 Å². The summed E-state index contributed by atoms with van der Waals surface area (Å²) in [4.78, 5) is 12.3. The third-order valence-electron chi connectivity index (χ3n) is 3.94. The number of hydrogen-bond acceptors (Lipinski definition) is 4. The first-order chi connectivity index (χ1) is 12.0. The number of aromatic nitrogens is 2. The van der Waals surface area contributed by atoms with Crippen LogP contribution in [0.2, 0.25) is 0 Å². The molecule has 4 N–H and O–H groups in total. The molecule has 1 aromatic heterocycles.